The van der Waals surface area contributed by atoms with Crippen LogP contribution in [0.1, 0.15) is 54.6 Å². The molecule has 0 amide bonds. The molecule has 1 fully saturated rings. The van der Waals surface area contributed by atoms with Gasteiger partial charge in [0, 0.05) is 31.8 Å². The van der Waals surface area contributed by atoms with E-state index in [0.29, 0.717) is 31.9 Å². The number of aromatic nitrogens is 1. The van der Waals surface area contributed by atoms with Crippen LogP contribution in [0.25, 0.3) is 11.3 Å². The highest BCUT2D eigenvalue weighted by molar-refractivity contribution is 5.90. The zero-order valence-electron chi connectivity index (χ0n) is 21.8. The van der Waals surface area contributed by atoms with Gasteiger partial charge in [0.15, 0.2) is 12.1 Å². The minimum Gasteiger partial charge on any atom is -0.474 e. The average Bonchev–Trinajstić information content (AvgIpc) is 3.31. The van der Waals surface area contributed by atoms with Crippen molar-refractivity contribution in [1.82, 2.24) is 9.88 Å². The Bertz CT molecular complexity index is 1160. The first-order valence-electron chi connectivity index (χ1n) is 12.4. The Balaban J connectivity index is 2.19. The van der Waals surface area contributed by atoms with Gasteiger partial charge in [-0.25, -0.2) is 13.8 Å². The van der Waals surface area contributed by atoms with Gasteiger partial charge in [-0.1, -0.05) is 6.92 Å². The number of carbonyl (C=O) groups excluding carboxylic acids is 1. The van der Waals surface area contributed by atoms with E-state index in [0.717, 1.165) is 26.3 Å². The maximum Gasteiger partial charge on any atom is 0.417 e. The molecule has 7 nitrogen and oxygen atoms in total. The molecule has 210 valence electrons. The van der Waals surface area contributed by atoms with Gasteiger partial charge in [0.2, 0.25) is 5.88 Å². The summed E-state index contributed by atoms with van der Waals surface area (Å²) in [6, 6.07) is 0.686. The van der Waals surface area contributed by atoms with Crippen molar-refractivity contribution in [2.24, 2.45) is 0 Å². The molecular formula is C26H33F5N4O3. The topological polar surface area (TPSA) is 89.7 Å². The lowest BCUT2D eigenvalue weighted by molar-refractivity contribution is -0.137. The Hall–Kier alpha value is -2.99. The molecule has 12 heteroatoms. The van der Waals surface area contributed by atoms with Crippen LogP contribution in [0.15, 0.2) is 6.07 Å². The number of halogens is 5. The fourth-order valence-corrected chi connectivity index (χ4v) is 4.60. The second kappa shape index (κ2) is 12.2. The van der Waals surface area contributed by atoms with E-state index in [9.17, 15) is 22.4 Å². The second-order valence-corrected chi connectivity index (χ2v) is 9.35. The summed E-state index contributed by atoms with van der Waals surface area (Å²) >= 11 is 0. The number of carbonyl (C=O) groups is 1. The predicted octanol–water partition coefficient (Wildman–Crippen LogP) is 5.45. The zero-order valence-corrected chi connectivity index (χ0v) is 21.8. The summed E-state index contributed by atoms with van der Waals surface area (Å²) in [6.45, 7) is 6.58. The van der Waals surface area contributed by atoms with Crippen LogP contribution < -0.4 is 15.8 Å². The van der Waals surface area contributed by atoms with Gasteiger partial charge in [0.05, 0.1) is 29.6 Å². The molecule has 1 aliphatic rings. The number of benzene rings is 1. The van der Waals surface area contributed by atoms with Crippen molar-refractivity contribution in [2.75, 3.05) is 44.4 Å². The van der Waals surface area contributed by atoms with Gasteiger partial charge in [-0.2, -0.15) is 13.2 Å². The highest BCUT2D eigenvalue weighted by atomic mass is 19.4. The van der Waals surface area contributed by atoms with Crippen LogP contribution in [-0.4, -0.2) is 61.7 Å². The van der Waals surface area contributed by atoms with Crippen LogP contribution in [-0.2, 0) is 10.9 Å². The summed E-state index contributed by atoms with van der Waals surface area (Å²) in [5.41, 5.74) is 0.767. The van der Waals surface area contributed by atoms with E-state index >= 15 is 4.39 Å². The van der Waals surface area contributed by atoms with Crippen LogP contribution in [0.2, 0.25) is 0 Å². The van der Waals surface area contributed by atoms with Gasteiger partial charge < -0.3 is 20.5 Å². The smallest absolute Gasteiger partial charge is 0.417 e. The number of likely N-dealkylation sites (tertiary alicyclic amines) is 1. The Morgan fingerprint density at radius 3 is 2.63 bits per heavy atom. The summed E-state index contributed by atoms with van der Waals surface area (Å²) in [5, 5.41) is 2.93. The number of alkyl halides is 3. The lowest BCUT2D eigenvalue weighted by Gasteiger charge is -2.26. The molecule has 38 heavy (non-hydrogen) atoms. The van der Waals surface area contributed by atoms with E-state index in [1.165, 1.54) is 0 Å². The molecule has 1 aromatic carbocycles. The van der Waals surface area contributed by atoms with Crippen LogP contribution in [0.4, 0.5) is 33.3 Å². The summed E-state index contributed by atoms with van der Waals surface area (Å²) in [5.74, 6) is -2.77. The number of ether oxygens (including phenoxy) is 2. The summed E-state index contributed by atoms with van der Waals surface area (Å²) < 4.78 is 83.5. The number of pyridine rings is 1. The number of nitrogens with one attached hydrogen (secondary N) is 1. The van der Waals surface area contributed by atoms with Gasteiger partial charge in [-0.05, 0) is 51.3 Å². The van der Waals surface area contributed by atoms with E-state index in [2.05, 4.69) is 15.2 Å². The van der Waals surface area contributed by atoms with Gasteiger partial charge in [-0.15, -0.1) is 0 Å². The number of nitrogens with two attached hydrogens (primary N) is 1. The molecule has 1 aliphatic heterocycles. The minimum atomic E-state index is -5.04. The molecular weight excluding hydrogens is 511 g/mol. The minimum absolute atomic E-state index is 0.0194. The molecule has 2 heterocycles. The predicted molar refractivity (Wildman–Crippen MR) is 134 cm³/mol. The number of rotatable bonds is 11. The monoisotopic (exact) mass is 544 g/mol. The van der Waals surface area contributed by atoms with Crippen molar-refractivity contribution in [3.63, 3.8) is 0 Å². The van der Waals surface area contributed by atoms with E-state index in [1.54, 1.807) is 21.0 Å². The number of nitrogens with zero attached hydrogens (tertiary/aromatic N) is 2. The molecule has 3 N–H and O–H groups in total. The van der Waals surface area contributed by atoms with Crippen molar-refractivity contribution in [1.29, 1.82) is 0 Å². The Morgan fingerprint density at radius 1 is 1.32 bits per heavy atom. The van der Waals surface area contributed by atoms with Crippen LogP contribution in [0, 0.1) is 18.6 Å². The highest BCUT2D eigenvalue weighted by Gasteiger charge is 2.39. The van der Waals surface area contributed by atoms with Crippen LogP contribution in [0.3, 0.4) is 0 Å². The molecule has 0 radical (unpaired) electrons. The number of aldehydes is 1. The van der Waals surface area contributed by atoms with Gasteiger partial charge in [0.1, 0.15) is 17.1 Å². The fourth-order valence-electron chi connectivity index (χ4n) is 4.60. The maximum atomic E-state index is 16.0. The van der Waals surface area contributed by atoms with E-state index in [1.807, 2.05) is 0 Å². The summed E-state index contributed by atoms with van der Waals surface area (Å²) in [4.78, 5) is 18.3. The quantitative estimate of drug-likeness (QED) is 0.221. The number of nitrogen functional groups attached to an aromatic ring is 1. The summed E-state index contributed by atoms with van der Waals surface area (Å²) in [6.07, 6.45) is -2.97. The highest BCUT2D eigenvalue weighted by Crippen LogP contribution is 2.44. The SMILES string of the molecule is CCC(C)Oc1nc(-c2cc(N)c(F)c(C)c2C(F)(F)F)c(F)c(NCC2CCCN2CCOC)c1C=O. The maximum absolute atomic E-state index is 16.0. The molecule has 0 saturated carbocycles. The lowest BCUT2D eigenvalue weighted by atomic mass is 9.95. The standard InChI is InChI=1S/C26H33F5N4O3/c1-5-14(2)38-25-18(13-36)23(33-12-16-7-6-8-35(16)9-10-37-4)22(28)24(34-25)17-11-19(32)21(27)15(3)20(17)26(29,30)31/h11,13-14,16H,5-10,12,32H2,1-4H3,(H,33,34). The fraction of sp³-hybridized carbons (Fsp3) is 0.538. The van der Waals surface area contributed by atoms with Gasteiger partial charge >= 0.3 is 6.18 Å². The lowest BCUT2D eigenvalue weighted by Crippen LogP contribution is -2.37. The third kappa shape index (κ3) is 6.17. The molecule has 1 saturated heterocycles. The Kier molecular flexibility index (Phi) is 9.53. The molecule has 3 rings (SSSR count). The van der Waals surface area contributed by atoms with Crippen molar-refractivity contribution >= 4 is 17.7 Å². The first kappa shape index (κ1) is 29.6. The number of methoxy groups -OCH3 is 1. The van der Waals surface area contributed by atoms with Crippen molar-refractivity contribution in [2.45, 2.75) is 58.4 Å². The Labute approximate surface area is 218 Å². The van der Waals surface area contributed by atoms with Crippen molar-refractivity contribution in [3.8, 4) is 17.1 Å². The third-order valence-corrected chi connectivity index (χ3v) is 6.81. The molecule has 2 unspecified atom stereocenters. The largest absolute Gasteiger partial charge is 0.474 e. The van der Waals surface area contributed by atoms with E-state index < -0.39 is 52.0 Å². The third-order valence-electron chi connectivity index (χ3n) is 6.81. The van der Waals surface area contributed by atoms with E-state index in [4.69, 9.17) is 15.2 Å². The van der Waals surface area contributed by atoms with Crippen molar-refractivity contribution in [3.05, 3.63) is 34.4 Å². The van der Waals surface area contributed by atoms with Crippen molar-refractivity contribution < 1.29 is 36.2 Å². The second-order valence-electron chi connectivity index (χ2n) is 9.35. The van der Waals surface area contributed by atoms with Gasteiger partial charge in [-0.3, -0.25) is 9.69 Å². The Morgan fingerprint density at radius 2 is 2.03 bits per heavy atom. The molecule has 0 bridgehead atoms. The molecule has 2 aromatic rings. The summed E-state index contributed by atoms with van der Waals surface area (Å²) in [7, 11) is 1.59. The number of anilines is 2. The normalized spacial score (nSPS) is 17.0. The van der Waals surface area contributed by atoms with Crippen LogP contribution in [0.5, 0.6) is 5.88 Å². The van der Waals surface area contributed by atoms with Crippen LogP contribution >= 0.6 is 0 Å². The zero-order chi connectivity index (χ0) is 28.2. The van der Waals surface area contributed by atoms with E-state index in [-0.39, 0.29) is 29.7 Å². The number of hydrogen-bond acceptors (Lipinski definition) is 7. The molecule has 2 atom stereocenters. The molecule has 0 aliphatic carbocycles. The first-order chi connectivity index (χ1) is 17.9. The molecule has 1 aromatic heterocycles. The first-order valence-corrected chi connectivity index (χ1v) is 12.4. The average molecular weight is 545 g/mol. The van der Waals surface area contributed by atoms with Gasteiger partial charge in [0.25, 0.3) is 0 Å². The number of hydrogen-bond donors (Lipinski definition) is 2. The molecule has 0 spiro atoms.